The number of phenols is 2. The highest BCUT2D eigenvalue weighted by molar-refractivity contribution is 5.94. The van der Waals surface area contributed by atoms with Crippen LogP contribution in [-0.4, -0.2) is 80.6 Å². The van der Waals surface area contributed by atoms with E-state index in [9.17, 15) is 46.1 Å². The second-order valence-electron chi connectivity index (χ2n) is 9.37. The van der Waals surface area contributed by atoms with Gasteiger partial charge in [0.15, 0.2) is 0 Å². The monoisotopic (exact) mass is 600 g/mol. The van der Waals surface area contributed by atoms with Crippen LogP contribution in [0.25, 0.3) is 0 Å². The van der Waals surface area contributed by atoms with Gasteiger partial charge in [-0.15, -0.1) is 0 Å². The van der Waals surface area contributed by atoms with Crippen molar-refractivity contribution >= 4 is 11.9 Å². The number of hydrogen-bond acceptors (Lipinski definition) is 6. The Labute approximate surface area is 235 Å². The van der Waals surface area contributed by atoms with Gasteiger partial charge < -0.3 is 25.3 Å². The molecule has 4 N–H and O–H groups in total. The Morgan fingerprint density at radius 1 is 0.667 bits per heavy atom. The van der Waals surface area contributed by atoms with Crippen LogP contribution in [-0.2, 0) is 12.1 Å². The number of phenolic OH excluding ortho intramolecular Hbond substituents is 2. The van der Waals surface area contributed by atoms with E-state index in [1.54, 1.807) is 4.90 Å². The Kier molecular flexibility index (Phi) is 9.74. The molecule has 0 atom stereocenters. The number of carboxylic acid groups (broad SMARTS) is 1. The predicted octanol–water partition coefficient (Wildman–Crippen LogP) is 4.75. The summed E-state index contributed by atoms with van der Waals surface area (Å²) in [5.41, 5.74) is -5.17. The number of amides is 1. The number of carboxylic acids is 1. The Bertz CT molecular complexity index is 1340. The average Bonchev–Trinajstić information content (AvgIpc) is 2.93. The normalized spacial score (nSPS) is 14.6. The molecular formula is C28H26F6N2O6. The predicted molar refractivity (Wildman–Crippen MR) is 137 cm³/mol. The van der Waals surface area contributed by atoms with Crippen molar-refractivity contribution in [3.63, 3.8) is 0 Å². The quantitative estimate of drug-likeness (QED) is 0.312. The fourth-order valence-electron chi connectivity index (χ4n) is 4.10. The molecule has 1 fully saturated rings. The Balaban J connectivity index is 0.000000408. The molecule has 0 saturated carbocycles. The van der Waals surface area contributed by atoms with Crippen LogP contribution in [0, 0.1) is 0 Å². The first kappa shape index (κ1) is 32.2. The molecule has 0 bridgehead atoms. The number of halogens is 6. The summed E-state index contributed by atoms with van der Waals surface area (Å²) in [4.78, 5) is 26.3. The van der Waals surface area contributed by atoms with Crippen molar-refractivity contribution < 1.29 is 56.4 Å². The summed E-state index contributed by atoms with van der Waals surface area (Å²) in [6, 6.07) is 14.7. The van der Waals surface area contributed by atoms with Crippen LogP contribution in [0.3, 0.4) is 0 Å². The number of aromatic hydroxyl groups is 2. The molecule has 1 amide bonds. The average molecular weight is 601 g/mol. The van der Waals surface area contributed by atoms with E-state index in [1.165, 1.54) is 48.5 Å². The summed E-state index contributed by atoms with van der Waals surface area (Å²) in [6.45, 7) is 1.96. The lowest BCUT2D eigenvalue weighted by Crippen LogP contribution is -2.53. The number of aliphatic hydroxyl groups is 1. The van der Waals surface area contributed by atoms with Crippen LogP contribution in [0.15, 0.2) is 72.8 Å². The van der Waals surface area contributed by atoms with Gasteiger partial charge in [-0.2, -0.15) is 26.3 Å². The van der Waals surface area contributed by atoms with Gasteiger partial charge in [-0.05, 0) is 54.1 Å². The Morgan fingerprint density at radius 3 is 1.50 bits per heavy atom. The molecule has 1 aliphatic heterocycles. The number of carbonyl (C=O) groups is 2. The third kappa shape index (κ3) is 7.50. The number of rotatable bonds is 5. The number of aromatic carboxylic acids is 1. The first-order valence-corrected chi connectivity index (χ1v) is 12.3. The van der Waals surface area contributed by atoms with E-state index >= 15 is 0 Å². The zero-order chi connectivity index (χ0) is 31.3. The highest BCUT2D eigenvalue weighted by Gasteiger charge is 2.71. The van der Waals surface area contributed by atoms with Crippen molar-refractivity contribution in [3.8, 4) is 11.5 Å². The minimum atomic E-state index is -5.92. The van der Waals surface area contributed by atoms with Gasteiger partial charge in [0.25, 0.3) is 11.5 Å². The molecule has 226 valence electrons. The molecule has 42 heavy (non-hydrogen) atoms. The van der Waals surface area contributed by atoms with Crippen molar-refractivity contribution in [2.75, 3.05) is 26.2 Å². The molecule has 8 nitrogen and oxygen atoms in total. The molecule has 0 spiro atoms. The molecule has 3 aromatic rings. The number of nitrogens with zero attached hydrogens (tertiary/aromatic N) is 2. The number of benzene rings is 3. The van der Waals surface area contributed by atoms with Crippen LogP contribution in [0.1, 0.15) is 31.8 Å². The maximum atomic E-state index is 13.0. The van der Waals surface area contributed by atoms with Crippen LogP contribution in [0.2, 0.25) is 0 Å². The second-order valence-corrected chi connectivity index (χ2v) is 9.37. The molecule has 1 heterocycles. The van der Waals surface area contributed by atoms with E-state index in [0.717, 1.165) is 12.1 Å². The van der Waals surface area contributed by atoms with E-state index in [0.29, 0.717) is 49.4 Å². The van der Waals surface area contributed by atoms with Crippen LogP contribution in [0.4, 0.5) is 26.3 Å². The van der Waals surface area contributed by atoms with Crippen molar-refractivity contribution in [2.24, 2.45) is 0 Å². The third-order valence-electron chi connectivity index (χ3n) is 6.49. The van der Waals surface area contributed by atoms with E-state index in [-0.39, 0.29) is 29.5 Å². The summed E-state index contributed by atoms with van der Waals surface area (Å²) in [7, 11) is 0. The smallest absolute Gasteiger partial charge is 0.430 e. The molecule has 1 aliphatic rings. The van der Waals surface area contributed by atoms with Gasteiger partial charge in [0.2, 0.25) is 0 Å². The zero-order valence-electron chi connectivity index (χ0n) is 21.7. The molecule has 3 aromatic carbocycles. The second kappa shape index (κ2) is 12.7. The molecular weight excluding hydrogens is 574 g/mol. The maximum absolute atomic E-state index is 13.0. The first-order chi connectivity index (χ1) is 19.5. The third-order valence-corrected chi connectivity index (χ3v) is 6.49. The number of piperazine rings is 1. The number of hydrogen-bond donors (Lipinski definition) is 4. The summed E-state index contributed by atoms with van der Waals surface area (Å²) >= 11 is 0. The lowest BCUT2D eigenvalue weighted by Gasteiger charge is -2.35. The van der Waals surface area contributed by atoms with Gasteiger partial charge in [-0.1, -0.05) is 24.3 Å². The molecule has 14 heteroatoms. The fraction of sp³-hybridized carbons (Fsp3) is 0.286. The van der Waals surface area contributed by atoms with Gasteiger partial charge in [-0.25, -0.2) is 4.79 Å². The fourth-order valence-corrected chi connectivity index (χ4v) is 4.10. The highest BCUT2D eigenvalue weighted by Crippen LogP contribution is 2.50. The standard InChI is InChI=1S/C21H20F6N2O3.C7H6O3/c22-20(23,24)19(32,21(25,26)27)16-5-1-14(2-6-16)13-28-9-11-29(12-10-28)18(31)15-3-7-17(30)8-4-15;8-6-3-1-5(2-4-6)7(9)10/h1-8,30,32H,9-13H2;1-4,8H,(H,9,10). The number of carbonyl (C=O) groups excluding carboxylic acids is 1. The van der Waals surface area contributed by atoms with Gasteiger partial charge in [-0.3, -0.25) is 9.69 Å². The van der Waals surface area contributed by atoms with Crippen molar-refractivity contribution in [3.05, 3.63) is 95.1 Å². The summed E-state index contributed by atoms with van der Waals surface area (Å²) < 4.78 is 77.9. The van der Waals surface area contributed by atoms with Crippen LogP contribution < -0.4 is 0 Å². The molecule has 0 unspecified atom stereocenters. The van der Waals surface area contributed by atoms with E-state index < -0.39 is 29.5 Å². The molecule has 0 aliphatic carbocycles. The van der Waals surface area contributed by atoms with Gasteiger partial charge in [0, 0.05) is 43.9 Å². The topological polar surface area (TPSA) is 122 Å². The summed E-state index contributed by atoms with van der Waals surface area (Å²) in [5.74, 6) is -1.07. The van der Waals surface area contributed by atoms with Gasteiger partial charge in [0.1, 0.15) is 11.5 Å². The summed E-state index contributed by atoms with van der Waals surface area (Å²) in [5, 5.41) is 35.9. The van der Waals surface area contributed by atoms with Crippen LogP contribution >= 0.6 is 0 Å². The zero-order valence-corrected chi connectivity index (χ0v) is 21.7. The van der Waals surface area contributed by atoms with E-state index in [1.807, 2.05) is 4.90 Å². The van der Waals surface area contributed by atoms with E-state index in [4.69, 9.17) is 10.2 Å². The van der Waals surface area contributed by atoms with Crippen molar-refractivity contribution in [2.45, 2.75) is 24.5 Å². The highest BCUT2D eigenvalue weighted by atomic mass is 19.4. The Hall–Kier alpha value is -4.30. The van der Waals surface area contributed by atoms with Crippen LogP contribution in [0.5, 0.6) is 11.5 Å². The number of alkyl halides is 6. The van der Waals surface area contributed by atoms with E-state index in [2.05, 4.69) is 0 Å². The first-order valence-electron chi connectivity index (χ1n) is 12.3. The van der Waals surface area contributed by atoms with Crippen molar-refractivity contribution in [1.82, 2.24) is 9.80 Å². The van der Waals surface area contributed by atoms with Gasteiger partial charge >= 0.3 is 18.3 Å². The lowest BCUT2D eigenvalue weighted by molar-refractivity contribution is -0.376. The molecule has 0 radical (unpaired) electrons. The lowest BCUT2D eigenvalue weighted by atomic mass is 9.91. The largest absolute Gasteiger partial charge is 0.508 e. The Morgan fingerprint density at radius 2 is 1.10 bits per heavy atom. The minimum Gasteiger partial charge on any atom is -0.508 e. The molecule has 1 saturated heterocycles. The van der Waals surface area contributed by atoms with Crippen molar-refractivity contribution in [1.29, 1.82) is 0 Å². The minimum absolute atomic E-state index is 0.0429. The molecule has 0 aromatic heterocycles. The summed E-state index contributed by atoms with van der Waals surface area (Å²) in [6.07, 6.45) is -11.8. The SMILES string of the molecule is O=C(O)c1ccc(O)cc1.O=C(c1ccc(O)cc1)N1CCN(Cc2ccc(C(O)(C(F)(F)F)C(F)(F)F)cc2)CC1. The van der Waals surface area contributed by atoms with Gasteiger partial charge in [0.05, 0.1) is 5.56 Å². The maximum Gasteiger partial charge on any atom is 0.430 e. The molecule has 4 rings (SSSR count).